The number of aromatic nitrogens is 3. The number of rotatable bonds is 6. The van der Waals surface area contributed by atoms with Gasteiger partial charge in [0, 0.05) is 18.9 Å². The number of carbonyl (C=O) groups excluding carboxylic acids is 1. The molecular weight excluding hydrogens is 360 g/mol. The molecule has 1 atom stereocenters. The minimum Gasteiger partial charge on any atom is -0.338 e. The Morgan fingerprint density at radius 2 is 2.07 bits per heavy atom. The van der Waals surface area contributed by atoms with Gasteiger partial charge >= 0.3 is 0 Å². The van der Waals surface area contributed by atoms with Gasteiger partial charge in [0.15, 0.2) is 21.3 Å². The number of aryl methyl sites for hydroxylation is 1. The Bertz CT molecular complexity index is 1030. The van der Waals surface area contributed by atoms with Crippen LogP contribution in [0.15, 0.2) is 35.1 Å². The Morgan fingerprint density at radius 1 is 1.30 bits per heavy atom. The van der Waals surface area contributed by atoms with Crippen LogP contribution in [0.2, 0.25) is 0 Å². The molecule has 140 valence electrons. The molecule has 0 unspecified atom stereocenters. The number of Topliss-reactive ketones (excluding diaryl/α,β-unsaturated/α-hetero) is 1. The van der Waals surface area contributed by atoms with E-state index in [1.54, 1.807) is 0 Å². The minimum absolute atomic E-state index is 0.141. The first-order valence-electron chi connectivity index (χ1n) is 9.27. The van der Waals surface area contributed by atoms with Gasteiger partial charge in [-0.2, -0.15) is 0 Å². The molecule has 3 heterocycles. The van der Waals surface area contributed by atoms with Crippen LogP contribution >= 0.6 is 11.3 Å². The van der Waals surface area contributed by atoms with Crippen LogP contribution in [-0.2, 0) is 11.2 Å². The van der Waals surface area contributed by atoms with Crippen molar-refractivity contribution in [3.8, 4) is 0 Å². The standard InChI is InChI=1S/C20H22N4O2S/c1-12(2)17-22-18(26)16-19(23-17)27-20(21-16)24-11-10-14(24)15(25)9-8-13-6-4-3-5-7-13/h3-7,12,14H,8-11H2,1-2H3,(H,22,23,26)/t14-/m1/s1. The van der Waals surface area contributed by atoms with Crippen molar-refractivity contribution in [2.45, 2.75) is 45.1 Å². The average molecular weight is 382 g/mol. The van der Waals surface area contributed by atoms with Crippen molar-refractivity contribution in [1.82, 2.24) is 15.0 Å². The molecule has 0 radical (unpaired) electrons. The lowest BCUT2D eigenvalue weighted by atomic mass is 9.95. The second kappa shape index (κ2) is 7.23. The van der Waals surface area contributed by atoms with Crippen molar-refractivity contribution in [3.05, 3.63) is 52.1 Å². The number of nitrogens with zero attached hydrogens (tertiary/aromatic N) is 3. The van der Waals surface area contributed by atoms with Gasteiger partial charge in [0.1, 0.15) is 5.82 Å². The van der Waals surface area contributed by atoms with E-state index in [-0.39, 0.29) is 23.3 Å². The van der Waals surface area contributed by atoms with Gasteiger partial charge in [0.25, 0.3) is 5.56 Å². The fraction of sp³-hybridized carbons (Fsp3) is 0.400. The van der Waals surface area contributed by atoms with E-state index in [0.29, 0.717) is 27.7 Å². The Hall–Kier alpha value is -2.54. The van der Waals surface area contributed by atoms with E-state index in [4.69, 9.17) is 0 Å². The van der Waals surface area contributed by atoms with Gasteiger partial charge in [-0.1, -0.05) is 55.5 Å². The second-order valence-corrected chi connectivity index (χ2v) is 8.16. The van der Waals surface area contributed by atoms with E-state index >= 15 is 0 Å². The average Bonchev–Trinajstić information content (AvgIpc) is 3.03. The van der Waals surface area contributed by atoms with E-state index in [2.05, 4.69) is 15.0 Å². The number of aromatic amines is 1. The highest BCUT2D eigenvalue weighted by Crippen LogP contribution is 2.33. The molecule has 0 aliphatic carbocycles. The normalized spacial score (nSPS) is 16.7. The van der Waals surface area contributed by atoms with E-state index in [1.165, 1.54) is 16.9 Å². The number of fused-ring (bicyclic) bond motifs is 1. The first-order chi connectivity index (χ1) is 13.0. The van der Waals surface area contributed by atoms with Crippen LogP contribution in [0.25, 0.3) is 10.3 Å². The fourth-order valence-electron chi connectivity index (χ4n) is 3.26. The molecular formula is C20H22N4O2S. The van der Waals surface area contributed by atoms with Crippen LogP contribution in [0.4, 0.5) is 5.13 Å². The van der Waals surface area contributed by atoms with Gasteiger partial charge < -0.3 is 9.88 Å². The van der Waals surface area contributed by atoms with Gasteiger partial charge in [-0.3, -0.25) is 9.59 Å². The van der Waals surface area contributed by atoms with Gasteiger partial charge in [-0.15, -0.1) is 0 Å². The molecule has 2 aromatic heterocycles. The summed E-state index contributed by atoms with van der Waals surface area (Å²) in [4.78, 5) is 39.4. The van der Waals surface area contributed by atoms with E-state index in [9.17, 15) is 9.59 Å². The molecule has 7 heteroatoms. The zero-order chi connectivity index (χ0) is 19.0. The quantitative estimate of drug-likeness (QED) is 0.708. The van der Waals surface area contributed by atoms with E-state index in [1.807, 2.05) is 49.1 Å². The van der Waals surface area contributed by atoms with Crippen LogP contribution in [0, 0.1) is 0 Å². The number of hydrogen-bond acceptors (Lipinski definition) is 6. The molecule has 4 rings (SSSR count). The zero-order valence-corrected chi connectivity index (χ0v) is 16.3. The Balaban J connectivity index is 1.51. The number of anilines is 1. The number of hydrogen-bond donors (Lipinski definition) is 1. The summed E-state index contributed by atoms with van der Waals surface area (Å²) < 4.78 is 0. The number of thiazole rings is 1. The maximum Gasteiger partial charge on any atom is 0.278 e. The zero-order valence-electron chi connectivity index (χ0n) is 15.4. The summed E-state index contributed by atoms with van der Waals surface area (Å²) >= 11 is 1.39. The molecule has 1 aromatic carbocycles. The third-order valence-corrected chi connectivity index (χ3v) is 5.95. The summed E-state index contributed by atoms with van der Waals surface area (Å²) in [6.45, 7) is 4.77. The highest BCUT2D eigenvalue weighted by molar-refractivity contribution is 7.21. The predicted molar refractivity (Wildman–Crippen MR) is 108 cm³/mol. The Morgan fingerprint density at radius 3 is 2.74 bits per heavy atom. The minimum atomic E-state index is -0.210. The molecule has 0 saturated carbocycles. The molecule has 1 saturated heterocycles. The first kappa shape index (κ1) is 17.9. The summed E-state index contributed by atoms with van der Waals surface area (Å²) in [7, 11) is 0. The van der Waals surface area contributed by atoms with Crippen molar-refractivity contribution in [3.63, 3.8) is 0 Å². The molecule has 0 spiro atoms. The van der Waals surface area contributed by atoms with Gasteiger partial charge in [-0.25, -0.2) is 9.97 Å². The first-order valence-corrected chi connectivity index (χ1v) is 10.1. The van der Waals surface area contributed by atoms with Crippen molar-refractivity contribution in [2.24, 2.45) is 0 Å². The highest BCUT2D eigenvalue weighted by Gasteiger charge is 2.35. The van der Waals surface area contributed by atoms with Gasteiger partial charge in [0.05, 0.1) is 6.04 Å². The van der Waals surface area contributed by atoms with Crippen LogP contribution in [0.1, 0.15) is 44.0 Å². The molecule has 1 N–H and O–H groups in total. The number of H-pyrrole nitrogens is 1. The number of nitrogens with one attached hydrogen (secondary N) is 1. The van der Waals surface area contributed by atoms with E-state index in [0.717, 1.165) is 19.4 Å². The lowest BCUT2D eigenvalue weighted by Crippen LogP contribution is -2.52. The topological polar surface area (TPSA) is 79.0 Å². The van der Waals surface area contributed by atoms with Crippen LogP contribution in [-0.4, -0.2) is 33.3 Å². The number of ketones is 1. The summed E-state index contributed by atoms with van der Waals surface area (Å²) in [6, 6.07) is 9.91. The molecule has 1 fully saturated rings. The highest BCUT2D eigenvalue weighted by atomic mass is 32.1. The molecule has 3 aromatic rings. The van der Waals surface area contributed by atoms with Gasteiger partial charge in [-0.05, 0) is 18.4 Å². The summed E-state index contributed by atoms with van der Waals surface area (Å²) in [5.41, 5.74) is 1.33. The molecule has 1 aliphatic heterocycles. The van der Waals surface area contributed by atoms with Crippen LogP contribution in [0.3, 0.4) is 0 Å². The predicted octanol–water partition coefficient (Wildman–Crippen LogP) is 3.28. The Labute approximate surface area is 161 Å². The molecule has 27 heavy (non-hydrogen) atoms. The molecule has 0 amide bonds. The van der Waals surface area contributed by atoms with Gasteiger partial charge in [0.2, 0.25) is 0 Å². The molecule has 1 aliphatic rings. The molecule has 6 nitrogen and oxygen atoms in total. The lowest BCUT2D eigenvalue weighted by Gasteiger charge is -2.39. The van der Waals surface area contributed by atoms with Crippen LogP contribution < -0.4 is 10.5 Å². The van der Waals surface area contributed by atoms with Crippen molar-refractivity contribution >= 4 is 32.6 Å². The fourth-order valence-corrected chi connectivity index (χ4v) is 4.29. The van der Waals surface area contributed by atoms with E-state index < -0.39 is 0 Å². The summed E-state index contributed by atoms with van der Waals surface area (Å²) in [5.74, 6) is 1.04. The number of carbonyl (C=O) groups is 1. The second-order valence-electron chi connectivity index (χ2n) is 7.21. The third kappa shape index (κ3) is 3.51. The maximum absolute atomic E-state index is 12.7. The number of benzene rings is 1. The lowest BCUT2D eigenvalue weighted by molar-refractivity contribution is -0.121. The monoisotopic (exact) mass is 382 g/mol. The summed E-state index contributed by atoms with van der Waals surface area (Å²) in [5, 5.41) is 0.716. The maximum atomic E-state index is 12.7. The SMILES string of the molecule is CC(C)c1nc2sc(N3CC[C@@H]3C(=O)CCc3ccccc3)nc2c(=O)[nH]1. The van der Waals surface area contributed by atoms with Crippen molar-refractivity contribution in [2.75, 3.05) is 11.4 Å². The largest absolute Gasteiger partial charge is 0.338 e. The Kier molecular flexibility index (Phi) is 4.78. The third-order valence-electron chi connectivity index (χ3n) is 4.96. The smallest absolute Gasteiger partial charge is 0.278 e. The summed E-state index contributed by atoms with van der Waals surface area (Å²) in [6.07, 6.45) is 2.11. The van der Waals surface area contributed by atoms with Crippen LogP contribution in [0.5, 0.6) is 0 Å². The van der Waals surface area contributed by atoms with Crippen molar-refractivity contribution in [1.29, 1.82) is 0 Å². The van der Waals surface area contributed by atoms with Crippen molar-refractivity contribution < 1.29 is 4.79 Å². The molecule has 0 bridgehead atoms.